The Morgan fingerprint density at radius 2 is 1.72 bits per heavy atom. The molecule has 336 valence electrons. The van der Waals surface area contributed by atoms with E-state index in [1.165, 1.54) is 15.8 Å². The number of aryl methyl sites for hydroxylation is 2. The van der Waals surface area contributed by atoms with E-state index in [1.807, 2.05) is 61.3 Å². The van der Waals surface area contributed by atoms with E-state index >= 15 is 8.78 Å². The Hall–Kier alpha value is -6.73. The smallest absolute Gasteiger partial charge is 0.329 e. The van der Waals surface area contributed by atoms with Gasteiger partial charge in [-0.2, -0.15) is 10.1 Å². The van der Waals surface area contributed by atoms with Gasteiger partial charge in [0.25, 0.3) is 11.5 Å². The van der Waals surface area contributed by atoms with Crippen LogP contribution in [0.3, 0.4) is 0 Å². The van der Waals surface area contributed by atoms with Crippen LogP contribution >= 0.6 is 0 Å². The second-order valence-electron chi connectivity index (χ2n) is 18.3. The molecule has 2 aromatic carbocycles. The number of nitrogens with zero attached hydrogens (tertiary/aromatic N) is 11. The third-order valence-electron chi connectivity index (χ3n) is 14.1. The Balaban J connectivity index is 0.727. The highest BCUT2D eigenvalue weighted by molar-refractivity contribution is 6.09. The number of amides is 3. The van der Waals surface area contributed by atoms with Gasteiger partial charge in [0.1, 0.15) is 11.0 Å². The zero-order valence-electron chi connectivity index (χ0n) is 36.2. The van der Waals surface area contributed by atoms with Crippen LogP contribution in [-0.4, -0.2) is 114 Å². The van der Waals surface area contributed by atoms with Crippen LogP contribution in [0.4, 0.5) is 42.4 Å². The number of aliphatic hydroxyl groups is 1. The van der Waals surface area contributed by atoms with Crippen LogP contribution in [0, 0.1) is 5.41 Å². The predicted molar refractivity (Wildman–Crippen MR) is 241 cm³/mol. The van der Waals surface area contributed by atoms with Crippen LogP contribution in [0.1, 0.15) is 43.9 Å². The number of pyridine rings is 1. The third kappa shape index (κ3) is 6.73. The number of alkyl halides is 2. The summed E-state index contributed by atoms with van der Waals surface area (Å²) in [5.74, 6) is -2.01. The molecule has 3 N–H and O–H groups in total. The van der Waals surface area contributed by atoms with E-state index in [0.717, 1.165) is 41.7 Å². The van der Waals surface area contributed by atoms with Crippen molar-refractivity contribution in [2.24, 2.45) is 12.5 Å². The van der Waals surface area contributed by atoms with Gasteiger partial charge in [-0.25, -0.2) is 32.9 Å². The predicted octanol–water partition coefficient (Wildman–Crippen LogP) is 4.82. The lowest BCUT2D eigenvalue weighted by Gasteiger charge is -2.63. The van der Waals surface area contributed by atoms with Crippen molar-refractivity contribution in [3.05, 3.63) is 95.1 Å². The molecular formula is C46H49F2N13O4. The average molecular weight is 886 g/mol. The Morgan fingerprint density at radius 1 is 0.938 bits per heavy atom. The average Bonchev–Trinajstić information content (AvgIpc) is 3.87. The Labute approximate surface area is 371 Å². The number of piperidine rings is 1. The topological polar surface area (TPSA) is 175 Å². The number of urea groups is 1. The molecular weight excluding hydrogens is 837 g/mol. The first-order valence-electron chi connectivity index (χ1n) is 22.1. The molecule has 3 amide bonds. The quantitative estimate of drug-likeness (QED) is 0.160. The number of anilines is 5. The second-order valence-corrected chi connectivity index (χ2v) is 18.3. The molecule has 2 atom stereocenters. The van der Waals surface area contributed by atoms with Gasteiger partial charge in [0.15, 0.2) is 17.3 Å². The highest BCUT2D eigenvalue weighted by Gasteiger charge is 2.58. The molecule has 4 aromatic heterocycles. The molecule has 1 unspecified atom stereocenters. The molecule has 0 bridgehead atoms. The number of hydrogen-bond acceptors (Lipinski definition) is 12. The van der Waals surface area contributed by atoms with Crippen LogP contribution in [0.25, 0.3) is 27.8 Å². The molecule has 1 spiro atoms. The fraction of sp³-hybridized carbons (Fsp3) is 0.413. The number of allylic oxidation sites excluding steroid dienone is 1. The minimum Gasteiger partial charge on any atom is -0.384 e. The van der Waals surface area contributed by atoms with Gasteiger partial charge in [-0.05, 0) is 79.8 Å². The summed E-state index contributed by atoms with van der Waals surface area (Å²) < 4.78 is 36.8. The van der Waals surface area contributed by atoms with E-state index < -0.39 is 23.6 Å². The summed E-state index contributed by atoms with van der Waals surface area (Å²) in [5.41, 5.74) is 3.79. The summed E-state index contributed by atoms with van der Waals surface area (Å²) >= 11 is 0. The normalized spacial score (nSPS) is 22.6. The highest BCUT2D eigenvalue weighted by atomic mass is 19.3. The summed E-state index contributed by atoms with van der Waals surface area (Å²) in [5, 5.41) is 22.5. The lowest BCUT2D eigenvalue weighted by atomic mass is 9.71. The molecule has 8 heterocycles. The highest BCUT2D eigenvalue weighted by Crippen LogP contribution is 2.47. The Bertz CT molecular complexity index is 2990. The van der Waals surface area contributed by atoms with Gasteiger partial charge >= 0.3 is 6.03 Å². The molecule has 65 heavy (non-hydrogen) atoms. The molecule has 6 aromatic rings. The number of nitrogens with one attached hydrogen (secondary N) is 2. The number of rotatable bonds is 10. The zero-order valence-corrected chi connectivity index (χ0v) is 36.2. The first-order valence-corrected chi connectivity index (χ1v) is 22.1. The fourth-order valence-corrected chi connectivity index (χ4v) is 10.7. The number of likely N-dealkylation sites (tertiary alicyclic amines) is 1. The van der Waals surface area contributed by atoms with E-state index in [4.69, 9.17) is 9.97 Å². The van der Waals surface area contributed by atoms with Gasteiger partial charge in [-0.3, -0.25) is 29.4 Å². The van der Waals surface area contributed by atoms with Crippen molar-refractivity contribution in [1.82, 2.24) is 44.3 Å². The van der Waals surface area contributed by atoms with Crippen LogP contribution in [0.5, 0.6) is 0 Å². The summed E-state index contributed by atoms with van der Waals surface area (Å²) in [6, 6.07) is 15.7. The summed E-state index contributed by atoms with van der Waals surface area (Å²) in [6.07, 6.45) is 5.49. The SMILES string of the molecule is C=CCn1c(=O)c2cnc(Nc3ccc(N4CCC(N5CC6(CN(c7ccc8c(N9CCC(=O)NC9=O)nn(C)c8c7)C6)C5)C(F)(F)C4)cc3)nc2n1-c1ccc2c(n1)[C@@](O)(CC)CC2. The minimum atomic E-state index is -2.91. The van der Waals surface area contributed by atoms with Crippen molar-refractivity contribution in [3.8, 4) is 5.82 Å². The number of carbonyl (C=O) groups excluding carboxylic acids is 2. The molecule has 1 aliphatic carbocycles. The van der Waals surface area contributed by atoms with Gasteiger partial charge < -0.3 is 20.2 Å². The molecule has 5 aliphatic rings. The van der Waals surface area contributed by atoms with Crippen molar-refractivity contribution in [3.63, 3.8) is 0 Å². The first kappa shape index (κ1) is 41.0. The lowest BCUT2D eigenvalue weighted by molar-refractivity contribution is -0.147. The van der Waals surface area contributed by atoms with Gasteiger partial charge in [0.2, 0.25) is 11.9 Å². The third-order valence-corrected chi connectivity index (χ3v) is 14.1. The van der Waals surface area contributed by atoms with Gasteiger partial charge in [-0.15, -0.1) is 6.58 Å². The van der Waals surface area contributed by atoms with Crippen LogP contribution < -0.4 is 30.9 Å². The van der Waals surface area contributed by atoms with E-state index in [2.05, 4.69) is 32.2 Å². The summed E-state index contributed by atoms with van der Waals surface area (Å²) in [7, 11) is 1.83. The molecule has 11 rings (SSSR count). The number of benzene rings is 2. The van der Waals surface area contributed by atoms with Crippen LogP contribution in [-0.2, 0) is 30.4 Å². The van der Waals surface area contributed by atoms with E-state index in [0.29, 0.717) is 78.6 Å². The second kappa shape index (κ2) is 14.9. The van der Waals surface area contributed by atoms with Crippen molar-refractivity contribution in [1.29, 1.82) is 0 Å². The molecule has 0 saturated carbocycles. The van der Waals surface area contributed by atoms with E-state index in [9.17, 15) is 19.5 Å². The monoisotopic (exact) mass is 885 g/mol. The molecule has 4 aliphatic heterocycles. The molecule has 19 heteroatoms. The maximum atomic E-state index is 16.0. The Morgan fingerprint density at radius 3 is 2.46 bits per heavy atom. The fourth-order valence-electron chi connectivity index (χ4n) is 10.7. The largest absolute Gasteiger partial charge is 0.384 e. The maximum absolute atomic E-state index is 16.0. The molecule has 17 nitrogen and oxygen atoms in total. The summed E-state index contributed by atoms with van der Waals surface area (Å²) in [6.45, 7) is 9.15. The number of carbonyl (C=O) groups is 2. The van der Waals surface area contributed by atoms with Gasteiger partial charge in [-0.1, -0.05) is 19.1 Å². The molecule has 4 saturated heterocycles. The first-order chi connectivity index (χ1) is 31.2. The zero-order chi connectivity index (χ0) is 45.0. The van der Waals surface area contributed by atoms with Crippen LogP contribution in [0.15, 0.2) is 78.2 Å². The van der Waals surface area contributed by atoms with Crippen molar-refractivity contribution in [2.75, 3.05) is 65.8 Å². The maximum Gasteiger partial charge on any atom is 0.329 e. The number of imide groups is 1. The van der Waals surface area contributed by atoms with Crippen molar-refractivity contribution in [2.45, 2.75) is 63.1 Å². The van der Waals surface area contributed by atoms with E-state index in [1.54, 1.807) is 32.5 Å². The van der Waals surface area contributed by atoms with E-state index in [-0.39, 0.29) is 48.9 Å². The van der Waals surface area contributed by atoms with Crippen LogP contribution in [0.2, 0.25) is 0 Å². The Kier molecular flexibility index (Phi) is 9.41. The minimum absolute atomic E-state index is 0.0253. The van der Waals surface area contributed by atoms with Crippen molar-refractivity contribution < 1.29 is 23.5 Å². The van der Waals surface area contributed by atoms with Gasteiger partial charge in [0, 0.05) is 86.8 Å². The lowest BCUT2D eigenvalue weighted by Crippen LogP contribution is -2.76. The number of hydrogen-bond donors (Lipinski definition) is 3. The summed E-state index contributed by atoms with van der Waals surface area (Å²) in [4.78, 5) is 59.2. The number of fused-ring (bicyclic) bond motifs is 3. The molecule has 4 fully saturated rings. The number of aromatic nitrogens is 7. The van der Waals surface area contributed by atoms with Crippen molar-refractivity contribution >= 4 is 62.7 Å². The van der Waals surface area contributed by atoms with Gasteiger partial charge in [0.05, 0.1) is 30.3 Å². The molecule has 0 radical (unpaired) electrons. The standard InChI is InChI=1S/C46H49F2N13O4/c1-4-18-60-41(63)33-22-49-42(53-39(33)61(60)36-13-6-28-14-17-45(65,5-2)38(28)51-36)50-29-7-9-30(10-8-29)56-19-15-35(46(47,48)27-56)58-25-44(26-58)23-57(24-44)31-11-12-32-34(21-31)55(3)54-40(32)59-20-16-37(62)52-43(59)64/h4,6-13,21-22,35,65H,1,5,14-20,23-27H2,2-3H3,(H,49,50,53)(H,52,62,64)/t35?,45-/m1/s1. The number of halogens is 2.